The van der Waals surface area contributed by atoms with Gasteiger partial charge in [-0.1, -0.05) is 23.4 Å². The maximum atomic E-state index is 13.6. The number of halogens is 2. The van der Waals surface area contributed by atoms with Gasteiger partial charge in [-0.3, -0.25) is 0 Å². The van der Waals surface area contributed by atoms with Gasteiger partial charge < -0.3 is 10.3 Å². The molecule has 0 saturated heterocycles. The minimum atomic E-state index is -0.751. The van der Waals surface area contributed by atoms with E-state index in [1.165, 1.54) is 6.07 Å². The maximum absolute atomic E-state index is 13.6. The van der Waals surface area contributed by atoms with Gasteiger partial charge in [-0.05, 0) is 24.3 Å². The summed E-state index contributed by atoms with van der Waals surface area (Å²) in [7, 11) is 0. The number of nitrogens with zero attached hydrogens (tertiary/aromatic N) is 2. The van der Waals surface area contributed by atoms with E-state index in [9.17, 15) is 8.78 Å². The fourth-order valence-electron chi connectivity index (χ4n) is 1.84. The van der Waals surface area contributed by atoms with Gasteiger partial charge in [-0.15, -0.1) is 0 Å². The van der Waals surface area contributed by atoms with Gasteiger partial charge in [0.15, 0.2) is 0 Å². The summed E-state index contributed by atoms with van der Waals surface area (Å²) >= 11 is 0. The summed E-state index contributed by atoms with van der Waals surface area (Å²) in [6, 6.07) is 10.4. The standard InChI is InChI=1S/C14H9F2N3O/c15-9-5-3-6-10(16)12(9)13-18-14(20-19-13)8-4-1-2-7-11(8)17/h1-7H,17H2. The number of hydrogen-bond donors (Lipinski definition) is 1. The molecule has 0 atom stereocenters. The first-order chi connectivity index (χ1) is 9.66. The highest BCUT2D eigenvalue weighted by atomic mass is 19.1. The van der Waals surface area contributed by atoms with Crippen LogP contribution in [0.15, 0.2) is 47.0 Å². The average molecular weight is 273 g/mol. The highest BCUT2D eigenvalue weighted by Gasteiger charge is 2.18. The Labute approximate surface area is 112 Å². The normalized spacial score (nSPS) is 10.7. The average Bonchev–Trinajstić information content (AvgIpc) is 2.88. The molecule has 6 heteroatoms. The van der Waals surface area contributed by atoms with Crippen molar-refractivity contribution in [3.8, 4) is 22.8 Å². The first-order valence-electron chi connectivity index (χ1n) is 5.80. The SMILES string of the molecule is Nc1ccccc1-c1nc(-c2c(F)cccc2F)no1. The predicted molar refractivity (Wildman–Crippen MR) is 69.5 cm³/mol. The summed E-state index contributed by atoms with van der Waals surface area (Å²) in [5.41, 5.74) is 6.42. The summed E-state index contributed by atoms with van der Waals surface area (Å²) in [6.07, 6.45) is 0. The molecule has 1 heterocycles. The molecule has 0 spiro atoms. The van der Waals surface area contributed by atoms with Crippen molar-refractivity contribution in [1.29, 1.82) is 0 Å². The monoisotopic (exact) mass is 273 g/mol. The third kappa shape index (κ3) is 2.01. The van der Waals surface area contributed by atoms with Gasteiger partial charge in [-0.25, -0.2) is 8.78 Å². The maximum Gasteiger partial charge on any atom is 0.260 e. The number of anilines is 1. The van der Waals surface area contributed by atoms with Gasteiger partial charge >= 0.3 is 0 Å². The second-order valence-corrected chi connectivity index (χ2v) is 4.11. The summed E-state index contributed by atoms with van der Waals surface area (Å²) in [6.45, 7) is 0. The molecule has 20 heavy (non-hydrogen) atoms. The molecule has 2 aromatic carbocycles. The predicted octanol–water partition coefficient (Wildman–Crippen LogP) is 3.26. The fraction of sp³-hybridized carbons (Fsp3) is 0. The van der Waals surface area contributed by atoms with Gasteiger partial charge in [0.25, 0.3) is 5.89 Å². The molecule has 0 aliphatic rings. The van der Waals surface area contributed by atoms with E-state index in [-0.39, 0.29) is 17.3 Å². The number of hydrogen-bond acceptors (Lipinski definition) is 4. The number of aromatic nitrogens is 2. The zero-order valence-electron chi connectivity index (χ0n) is 10.2. The van der Waals surface area contributed by atoms with E-state index in [2.05, 4.69) is 10.1 Å². The molecule has 100 valence electrons. The summed E-state index contributed by atoms with van der Waals surface area (Å²) in [4.78, 5) is 4.00. The van der Waals surface area contributed by atoms with E-state index in [4.69, 9.17) is 10.3 Å². The molecule has 0 saturated carbocycles. The minimum Gasteiger partial charge on any atom is -0.398 e. The number of para-hydroxylation sites is 1. The van der Waals surface area contributed by atoms with Crippen molar-refractivity contribution in [3.63, 3.8) is 0 Å². The van der Waals surface area contributed by atoms with Crippen LogP contribution in [0.1, 0.15) is 0 Å². The lowest BCUT2D eigenvalue weighted by Crippen LogP contribution is -1.92. The first kappa shape index (κ1) is 12.3. The number of nitrogens with two attached hydrogens (primary N) is 1. The van der Waals surface area contributed by atoms with Crippen LogP contribution in [-0.2, 0) is 0 Å². The van der Waals surface area contributed by atoms with Crippen LogP contribution in [-0.4, -0.2) is 10.1 Å². The quantitative estimate of drug-likeness (QED) is 0.728. The Hall–Kier alpha value is -2.76. The zero-order chi connectivity index (χ0) is 14.1. The number of nitrogen functional groups attached to an aromatic ring is 1. The van der Waals surface area contributed by atoms with Crippen LogP contribution in [0.2, 0.25) is 0 Å². The molecule has 2 N–H and O–H groups in total. The number of rotatable bonds is 2. The van der Waals surface area contributed by atoms with Crippen LogP contribution in [0.4, 0.5) is 14.5 Å². The molecular formula is C14H9F2N3O. The Morgan fingerprint density at radius 1 is 0.950 bits per heavy atom. The van der Waals surface area contributed by atoms with E-state index in [0.717, 1.165) is 12.1 Å². The van der Waals surface area contributed by atoms with E-state index in [1.54, 1.807) is 24.3 Å². The second-order valence-electron chi connectivity index (χ2n) is 4.11. The lowest BCUT2D eigenvalue weighted by atomic mass is 10.1. The molecule has 0 amide bonds. The largest absolute Gasteiger partial charge is 0.398 e. The Bertz CT molecular complexity index is 750. The molecular weight excluding hydrogens is 264 g/mol. The van der Waals surface area contributed by atoms with Gasteiger partial charge in [0, 0.05) is 5.69 Å². The van der Waals surface area contributed by atoms with Crippen LogP contribution in [0.3, 0.4) is 0 Å². The minimum absolute atomic E-state index is 0.112. The molecule has 0 radical (unpaired) electrons. The second kappa shape index (κ2) is 4.73. The third-order valence-corrected chi connectivity index (χ3v) is 2.80. The van der Waals surface area contributed by atoms with Crippen LogP contribution in [0.25, 0.3) is 22.8 Å². The van der Waals surface area contributed by atoms with E-state index < -0.39 is 11.6 Å². The van der Waals surface area contributed by atoms with Crippen molar-refractivity contribution in [1.82, 2.24) is 10.1 Å². The van der Waals surface area contributed by atoms with Crippen molar-refractivity contribution in [2.45, 2.75) is 0 Å². The van der Waals surface area contributed by atoms with E-state index in [1.807, 2.05) is 0 Å². The lowest BCUT2D eigenvalue weighted by molar-refractivity contribution is 0.431. The van der Waals surface area contributed by atoms with Gasteiger partial charge in [0.1, 0.15) is 11.6 Å². The molecule has 4 nitrogen and oxygen atoms in total. The summed E-state index contributed by atoms with van der Waals surface area (Å²) < 4.78 is 32.3. The van der Waals surface area contributed by atoms with Crippen molar-refractivity contribution in [2.24, 2.45) is 0 Å². The topological polar surface area (TPSA) is 64.9 Å². The third-order valence-electron chi connectivity index (χ3n) is 2.80. The lowest BCUT2D eigenvalue weighted by Gasteiger charge is -1.99. The Morgan fingerprint density at radius 3 is 2.35 bits per heavy atom. The van der Waals surface area contributed by atoms with Gasteiger partial charge in [0.05, 0.1) is 11.1 Å². The first-order valence-corrected chi connectivity index (χ1v) is 5.80. The Kier molecular flexibility index (Phi) is 2.90. The van der Waals surface area contributed by atoms with Crippen molar-refractivity contribution < 1.29 is 13.3 Å². The van der Waals surface area contributed by atoms with E-state index in [0.29, 0.717) is 11.3 Å². The Morgan fingerprint density at radius 2 is 1.65 bits per heavy atom. The highest BCUT2D eigenvalue weighted by molar-refractivity contribution is 5.71. The van der Waals surface area contributed by atoms with Crippen LogP contribution in [0, 0.1) is 11.6 Å². The van der Waals surface area contributed by atoms with Crippen LogP contribution < -0.4 is 5.73 Å². The van der Waals surface area contributed by atoms with Crippen molar-refractivity contribution >= 4 is 5.69 Å². The molecule has 1 aromatic heterocycles. The molecule has 3 aromatic rings. The summed E-state index contributed by atoms with van der Waals surface area (Å²) in [5.74, 6) is -1.55. The van der Waals surface area contributed by atoms with Crippen LogP contribution >= 0.6 is 0 Å². The van der Waals surface area contributed by atoms with Gasteiger partial charge in [0.2, 0.25) is 5.82 Å². The van der Waals surface area contributed by atoms with Crippen molar-refractivity contribution in [2.75, 3.05) is 5.73 Å². The highest BCUT2D eigenvalue weighted by Crippen LogP contribution is 2.28. The zero-order valence-corrected chi connectivity index (χ0v) is 10.2. The molecule has 0 bridgehead atoms. The van der Waals surface area contributed by atoms with E-state index >= 15 is 0 Å². The van der Waals surface area contributed by atoms with Gasteiger partial charge in [-0.2, -0.15) is 4.98 Å². The molecule has 0 fully saturated rings. The smallest absolute Gasteiger partial charge is 0.260 e. The molecule has 0 aliphatic heterocycles. The number of benzene rings is 2. The molecule has 3 rings (SSSR count). The van der Waals surface area contributed by atoms with Crippen LogP contribution in [0.5, 0.6) is 0 Å². The Balaban J connectivity index is 2.10. The summed E-state index contributed by atoms with van der Waals surface area (Å²) in [5, 5.41) is 3.60. The molecule has 0 aliphatic carbocycles. The molecule has 0 unspecified atom stereocenters. The fourth-order valence-corrected chi connectivity index (χ4v) is 1.84. The van der Waals surface area contributed by atoms with Crippen molar-refractivity contribution in [3.05, 3.63) is 54.1 Å².